The van der Waals surface area contributed by atoms with E-state index in [1.54, 1.807) is 7.11 Å². The molecule has 0 saturated carbocycles. The van der Waals surface area contributed by atoms with Crippen LogP contribution in [0.15, 0.2) is 24.8 Å². The molecule has 2 N–H and O–H groups in total. The van der Waals surface area contributed by atoms with E-state index in [4.69, 9.17) is 15.2 Å². The van der Waals surface area contributed by atoms with Crippen LogP contribution in [0.1, 0.15) is 111 Å². The van der Waals surface area contributed by atoms with Crippen LogP contribution >= 0.6 is 0 Å². The lowest BCUT2D eigenvalue weighted by molar-refractivity contribution is -0.159. The summed E-state index contributed by atoms with van der Waals surface area (Å²) in [5.74, 6) is 1.64. The molecule has 3 unspecified atom stereocenters. The van der Waals surface area contributed by atoms with Gasteiger partial charge in [0.2, 0.25) is 0 Å². The average molecular weight is 503 g/mol. The number of hydrogen-bond donors (Lipinski definition) is 1. The van der Waals surface area contributed by atoms with Crippen molar-refractivity contribution in [3.8, 4) is 0 Å². The monoisotopic (exact) mass is 502 g/mol. The molecule has 0 bridgehead atoms. The molecule has 0 radical (unpaired) electrons. The van der Waals surface area contributed by atoms with Gasteiger partial charge in [0, 0.05) is 12.8 Å². The first kappa shape index (κ1) is 32.1. The molecular weight excluding hydrogens is 448 g/mol. The predicted molar refractivity (Wildman–Crippen MR) is 152 cm³/mol. The van der Waals surface area contributed by atoms with Crippen LogP contribution in [-0.4, -0.2) is 29.8 Å². The van der Waals surface area contributed by atoms with E-state index in [-0.39, 0.29) is 18.0 Å². The standard InChI is InChI=1S/C31H54N2O3/c1-9-11-17-25-20-21-27(33-29(25)32)19-13-12-15-23(3)26(22-28(10-2)35-8)18-14-16-24(4)30(34)36-31(5,6)7/h10,20-21,23-24,26,28H,2,9,11-19,22H2,1,3-8H3,(H2,32,33)/t23?,24?,26?,28-/m1/s1. The molecule has 4 atom stereocenters. The first-order valence-electron chi connectivity index (χ1n) is 14.1. The zero-order valence-electron chi connectivity index (χ0n) is 24.3. The largest absolute Gasteiger partial charge is 0.460 e. The van der Waals surface area contributed by atoms with Crippen molar-refractivity contribution >= 4 is 11.8 Å². The van der Waals surface area contributed by atoms with Crippen LogP contribution < -0.4 is 5.73 Å². The maximum atomic E-state index is 12.3. The Morgan fingerprint density at radius 2 is 1.81 bits per heavy atom. The van der Waals surface area contributed by atoms with Gasteiger partial charge in [0.1, 0.15) is 11.4 Å². The molecule has 1 rings (SSSR count). The number of hydrogen-bond acceptors (Lipinski definition) is 5. The zero-order chi connectivity index (χ0) is 27.1. The summed E-state index contributed by atoms with van der Waals surface area (Å²) in [6, 6.07) is 4.30. The highest BCUT2D eigenvalue weighted by atomic mass is 16.6. The van der Waals surface area contributed by atoms with Crippen molar-refractivity contribution in [1.29, 1.82) is 0 Å². The summed E-state index contributed by atoms with van der Waals surface area (Å²) in [5.41, 5.74) is 8.02. The predicted octanol–water partition coefficient (Wildman–Crippen LogP) is 7.71. The molecule has 0 amide bonds. The van der Waals surface area contributed by atoms with Crippen molar-refractivity contribution in [3.63, 3.8) is 0 Å². The number of unbranched alkanes of at least 4 members (excludes halogenated alkanes) is 2. The molecule has 0 aliphatic heterocycles. The van der Waals surface area contributed by atoms with Crippen LogP contribution in [0.25, 0.3) is 0 Å². The average Bonchev–Trinajstić information content (AvgIpc) is 2.82. The number of nitrogen functional groups attached to an aromatic ring is 1. The molecule has 0 aliphatic carbocycles. The van der Waals surface area contributed by atoms with Crippen LogP contribution in [0.2, 0.25) is 0 Å². The normalized spacial score (nSPS) is 15.2. The number of aromatic nitrogens is 1. The van der Waals surface area contributed by atoms with Crippen LogP contribution in [-0.2, 0) is 27.1 Å². The third-order valence-electron chi connectivity index (χ3n) is 7.14. The van der Waals surface area contributed by atoms with Gasteiger partial charge in [-0.2, -0.15) is 0 Å². The number of anilines is 1. The molecule has 0 fully saturated rings. The van der Waals surface area contributed by atoms with Crippen molar-refractivity contribution in [1.82, 2.24) is 4.98 Å². The van der Waals surface area contributed by atoms with Crippen LogP contribution in [0, 0.1) is 17.8 Å². The summed E-state index contributed by atoms with van der Waals surface area (Å²) in [6.45, 7) is 16.2. The van der Waals surface area contributed by atoms with E-state index >= 15 is 0 Å². The third kappa shape index (κ3) is 12.9. The minimum atomic E-state index is -0.434. The van der Waals surface area contributed by atoms with Gasteiger partial charge < -0.3 is 15.2 Å². The summed E-state index contributed by atoms with van der Waals surface area (Å²) < 4.78 is 11.2. The Kier molecular flexibility index (Phi) is 15.0. The van der Waals surface area contributed by atoms with Gasteiger partial charge >= 0.3 is 5.97 Å². The number of carbonyl (C=O) groups excluding carboxylic acids is 1. The van der Waals surface area contributed by atoms with Gasteiger partial charge in [0.15, 0.2) is 0 Å². The Morgan fingerprint density at radius 1 is 1.08 bits per heavy atom. The van der Waals surface area contributed by atoms with E-state index in [9.17, 15) is 4.79 Å². The highest BCUT2D eigenvalue weighted by Crippen LogP contribution is 2.30. The summed E-state index contributed by atoms with van der Waals surface area (Å²) in [6.07, 6.45) is 13.6. The van der Waals surface area contributed by atoms with Crippen LogP contribution in [0.3, 0.4) is 0 Å². The number of rotatable bonds is 18. The lowest BCUT2D eigenvalue weighted by atomic mass is 9.81. The number of pyridine rings is 1. The van der Waals surface area contributed by atoms with E-state index in [2.05, 4.69) is 37.5 Å². The Morgan fingerprint density at radius 3 is 2.39 bits per heavy atom. The molecule has 1 aromatic rings. The Balaban J connectivity index is 2.56. The number of methoxy groups -OCH3 is 1. The Bertz CT molecular complexity index is 772. The molecule has 0 aromatic carbocycles. The second kappa shape index (κ2) is 16.8. The highest BCUT2D eigenvalue weighted by Gasteiger charge is 2.24. The molecule has 5 nitrogen and oxygen atoms in total. The van der Waals surface area contributed by atoms with Crippen molar-refractivity contribution < 1.29 is 14.3 Å². The zero-order valence-corrected chi connectivity index (χ0v) is 24.3. The SMILES string of the molecule is C=C[C@H](CC(CCCC(C)C(=O)OC(C)(C)C)C(C)CCCCc1ccc(CCCC)c(N)n1)OC. The molecule has 36 heavy (non-hydrogen) atoms. The summed E-state index contributed by atoms with van der Waals surface area (Å²) in [4.78, 5) is 17.0. The van der Waals surface area contributed by atoms with Gasteiger partial charge in [0.05, 0.1) is 12.0 Å². The molecule has 0 spiro atoms. The highest BCUT2D eigenvalue weighted by molar-refractivity contribution is 5.72. The molecule has 0 saturated heterocycles. The maximum Gasteiger partial charge on any atom is 0.309 e. The minimum Gasteiger partial charge on any atom is -0.460 e. The van der Waals surface area contributed by atoms with Gasteiger partial charge in [-0.05, 0) is 82.8 Å². The molecule has 206 valence electrons. The lowest BCUT2D eigenvalue weighted by Crippen LogP contribution is -2.27. The molecule has 5 heteroatoms. The number of nitrogens with zero attached hydrogens (tertiary/aromatic N) is 1. The third-order valence-corrected chi connectivity index (χ3v) is 7.14. The molecule has 1 heterocycles. The van der Waals surface area contributed by atoms with E-state index in [0.717, 1.165) is 63.5 Å². The smallest absolute Gasteiger partial charge is 0.309 e. The topological polar surface area (TPSA) is 74.4 Å². The van der Waals surface area contributed by atoms with Crippen molar-refractivity contribution in [3.05, 3.63) is 36.0 Å². The number of carbonyl (C=O) groups is 1. The summed E-state index contributed by atoms with van der Waals surface area (Å²) in [5, 5.41) is 0. The molecular formula is C31H54N2O3. The number of aryl methyl sites for hydroxylation is 2. The number of ether oxygens (including phenoxy) is 2. The van der Waals surface area contributed by atoms with Gasteiger partial charge in [-0.15, -0.1) is 6.58 Å². The fourth-order valence-corrected chi connectivity index (χ4v) is 4.70. The van der Waals surface area contributed by atoms with Gasteiger partial charge in [-0.25, -0.2) is 4.98 Å². The number of esters is 1. The lowest BCUT2D eigenvalue weighted by Gasteiger charge is -2.27. The summed E-state index contributed by atoms with van der Waals surface area (Å²) in [7, 11) is 1.75. The van der Waals surface area contributed by atoms with Crippen molar-refractivity contribution in [2.24, 2.45) is 17.8 Å². The first-order valence-corrected chi connectivity index (χ1v) is 14.1. The van der Waals surface area contributed by atoms with Crippen molar-refractivity contribution in [2.75, 3.05) is 12.8 Å². The Labute approximate surface area is 221 Å². The number of nitrogens with two attached hydrogens (primary N) is 1. The summed E-state index contributed by atoms with van der Waals surface area (Å²) >= 11 is 0. The first-order chi connectivity index (χ1) is 17.0. The second-order valence-electron chi connectivity index (χ2n) is 11.5. The fourth-order valence-electron chi connectivity index (χ4n) is 4.70. The van der Waals surface area contributed by atoms with Gasteiger partial charge in [-0.3, -0.25) is 4.79 Å². The maximum absolute atomic E-state index is 12.3. The second-order valence-corrected chi connectivity index (χ2v) is 11.5. The quantitative estimate of drug-likeness (QED) is 0.126. The van der Waals surface area contributed by atoms with E-state index in [0.29, 0.717) is 17.7 Å². The minimum absolute atomic E-state index is 0.0686. The van der Waals surface area contributed by atoms with Gasteiger partial charge in [0.25, 0.3) is 0 Å². The van der Waals surface area contributed by atoms with Crippen LogP contribution in [0.5, 0.6) is 0 Å². The molecule has 1 aromatic heterocycles. The van der Waals surface area contributed by atoms with Gasteiger partial charge in [-0.1, -0.05) is 65.0 Å². The fraction of sp³-hybridized carbons (Fsp3) is 0.742. The Hall–Kier alpha value is -1.88. The van der Waals surface area contributed by atoms with E-state index in [1.165, 1.54) is 18.4 Å². The van der Waals surface area contributed by atoms with E-state index < -0.39 is 5.60 Å². The molecule has 0 aliphatic rings. The van der Waals surface area contributed by atoms with E-state index in [1.807, 2.05) is 33.8 Å². The van der Waals surface area contributed by atoms with Crippen molar-refractivity contribution in [2.45, 2.75) is 124 Å². The van der Waals surface area contributed by atoms with Crippen LogP contribution in [0.4, 0.5) is 5.82 Å².